The summed E-state index contributed by atoms with van der Waals surface area (Å²) in [5.41, 5.74) is 0.992. The van der Waals surface area contributed by atoms with Crippen LogP contribution in [-0.4, -0.2) is 30.2 Å². The molecule has 0 saturated heterocycles. The topological polar surface area (TPSA) is 47.3 Å². The molecule has 0 aromatic heterocycles. The summed E-state index contributed by atoms with van der Waals surface area (Å²) in [6, 6.07) is 16.0. The molecule has 0 aliphatic carbocycles. The lowest BCUT2D eigenvalue weighted by Gasteiger charge is -2.22. The van der Waals surface area contributed by atoms with E-state index in [0.29, 0.717) is 6.54 Å². The van der Waals surface area contributed by atoms with Crippen LogP contribution in [0.25, 0.3) is 10.8 Å². The fourth-order valence-electron chi connectivity index (χ4n) is 2.18. The molecule has 2 rings (SSSR count). The van der Waals surface area contributed by atoms with E-state index >= 15 is 0 Å². The summed E-state index contributed by atoms with van der Waals surface area (Å²) in [5.74, 6) is 0. The number of nitrogens with zero attached hydrogens (tertiary/aromatic N) is 2. The van der Waals surface area contributed by atoms with Crippen LogP contribution in [-0.2, 0) is 0 Å². The maximum Gasteiger partial charge on any atom is 0.124 e. The minimum Gasteiger partial charge on any atom is -0.395 e. The summed E-state index contributed by atoms with van der Waals surface area (Å²) < 4.78 is 0. The van der Waals surface area contributed by atoms with Crippen LogP contribution in [0.5, 0.6) is 0 Å². The maximum absolute atomic E-state index is 9.36. The monoisotopic (exact) mass is 240 g/mol. The summed E-state index contributed by atoms with van der Waals surface area (Å²) in [6.07, 6.45) is 0. The van der Waals surface area contributed by atoms with Gasteiger partial charge in [0, 0.05) is 6.54 Å². The number of hydrogen-bond acceptors (Lipinski definition) is 3. The first-order chi connectivity index (χ1) is 8.77. The number of likely N-dealkylation sites (N-methyl/N-ethyl adjacent to an activating group) is 1. The number of fused-ring (bicyclic) bond motifs is 1. The van der Waals surface area contributed by atoms with E-state index in [9.17, 15) is 5.26 Å². The molecule has 3 nitrogen and oxygen atoms in total. The van der Waals surface area contributed by atoms with Gasteiger partial charge < -0.3 is 5.11 Å². The molecule has 0 fully saturated rings. The summed E-state index contributed by atoms with van der Waals surface area (Å²) in [6.45, 7) is 0.543. The maximum atomic E-state index is 9.36. The van der Waals surface area contributed by atoms with Gasteiger partial charge in [-0.05, 0) is 23.4 Å². The van der Waals surface area contributed by atoms with Gasteiger partial charge in [-0.2, -0.15) is 5.26 Å². The molecule has 0 aliphatic heterocycles. The van der Waals surface area contributed by atoms with Crippen LogP contribution in [0.3, 0.4) is 0 Å². The lowest BCUT2D eigenvalue weighted by atomic mass is 9.99. The van der Waals surface area contributed by atoms with Crippen LogP contribution in [0.1, 0.15) is 11.6 Å². The molecule has 0 radical (unpaired) electrons. The van der Waals surface area contributed by atoms with Crippen LogP contribution in [0.2, 0.25) is 0 Å². The van der Waals surface area contributed by atoms with Crippen molar-refractivity contribution in [2.45, 2.75) is 6.04 Å². The van der Waals surface area contributed by atoms with Gasteiger partial charge in [-0.1, -0.05) is 42.5 Å². The molecule has 1 unspecified atom stereocenters. The molecule has 1 N–H and O–H groups in total. The van der Waals surface area contributed by atoms with E-state index in [1.165, 1.54) is 0 Å². The first-order valence-corrected chi connectivity index (χ1v) is 5.96. The first-order valence-electron chi connectivity index (χ1n) is 5.96. The molecular formula is C15H16N2O. The van der Waals surface area contributed by atoms with Crippen LogP contribution in [0.4, 0.5) is 0 Å². The number of benzene rings is 2. The molecule has 3 heteroatoms. The van der Waals surface area contributed by atoms with E-state index in [4.69, 9.17) is 5.11 Å². The predicted octanol–water partition coefficient (Wildman–Crippen LogP) is 2.33. The largest absolute Gasteiger partial charge is 0.395 e. The summed E-state index contributed by atoms with van der Waals surface area (Å²) in [7, 11) is 1.85. The normalized spacial score (nSPS) is 12.6. The van der Waals surface area contributed by atoms with Gasteiger partial charge in [0.25, 0.3) is 0 Å². The smallest absolute Gasteiger partial charge is 0.124 e. The molecule has 92 valence electrons. The third kappa shape index (κ3) is 2.35. The molecular weight excluding hydrogens is 224 g/mol. The van der Waals surface area contributed by atoms with Gasteiger partial charge >= 0.3 is 0 Å². The Morgan fingerprint density at radius 2 is 1.94 bits per heavy atom. The van der Waals surface area contributed by atoms with Crippen molar-refractivity contribution in [1.82, 2.24) is 4.90 Å². The molecule has 0 aliphatic rings. The number of aliphatic hydroxyl groups is 1. The molecule has 18 heavy (non-hydrogen) atoms. The van der Waals surface area contributed by atoms with Gasteiger partial charge in [-0.25, -0.2) is 0 Å². The van der Waals surface area contributed by atoms with E-state index in [1.54, 1.807) is 0 Å². The highest BCUT2D eigenvalue weighted by molar-refractivity contribution is 5.86. The first kappa shape index (κ1) is 12.6. The minimum atomic E-state index is -0.330. The second-order valence-corrected chi connectivity index (χ2v) is 4.30. The molecule has 1 atom stereocenters. The average molecular weight is 240 g/mol. The molecule has 2 aromatic carbocycles. The van der Waals surface area contributed by atoms with Crippen molar-refractivity contribution in [2.24, 2.45) is 0 Å². The Labute approximate surface area is 107 Å². The zero-order chi connectivity index (χ0) is 13.0. The van der Waals surface area contributed by atoms with Crippen molar-refractivity contribution in [3.8, 4) is 6.07 Å². The van der Waals surface area contributed by atoms with E-state index in [2.05, 4.69) is 6.07 Å². The fourth-order valence-corrected chi connectivity index (χ4v) is 2.18. The standard InChI is InChI=1S/C15H16N2O/c1-17(9-10-18)15(11-16)14-8-4-6-12-5-2-3-7-13(12)14/h2-8,15,18H,9-10H2,1H3. The molecule has 0 bridgehead atoms. The fraction of sp³-hybridized carbons (Fsp3) is 0.267. The molecule has 0 spiro atoms. The minimum absolute atomic E-state index is 0.0550. The highest BCUT2D eigenvalue weighted by atomic mass is 16.3. The predicted molar refractivity (Wildman–Crippen MR) is 72.0 cm³/mol. The van der Waals surface area contributed by atoms with Gasteiger partial charge in [0.15, 0.2) is 0 Å². The van der Waals surface area contributed by atoms with Crippen LogP contribution in [0, 0.1) is 11.3 Å². The van der Waals surface area contributed by atoms with Gasteiger partial charge in [-0.3, -0.25) is 4.90 Å². The van der Waals surface area contributed by atoms with E-state index in [1.807, 2.05) is 54.4 Å². The third-order valence-electron chi connectivity index (χ3n) is 3.13. The second-order valence-electron chi connectivity index (χ2n) is 4.30. The van der Waals surface area contributed by atoms with Crippen molar-refractivity contribution in [2.75, 3.05) is 20.2 Å². The Bertz CT molecular complexity index is 569. The zero-order valence-electron chi connectivity index (χ0n) is 10.4. The van der Waals surface area contributed by atoms with Crippen molar-refractivity contribution >= 4 is 10.8 Å². The van der Waals surface area contributed by atoms with E-state index in [0.717, 1.165) is 16.3 Å². The molecule has 0 saturated carbocycles. The van der Waals surface area contributed by atoms with Crippen LogP contribution < -0.4 is 0 Å². The highest BCUT2D eigenvalue weighted by Crippen LogP contribution is 2.26. The van der Waals surface area contributed by atoms with Gasteiger partial charge in [0.2, 0.25) is 0 Å². The Morgan fingerprint density at radius 1 is 1.22 bits per heavy atom. The average Bonchev–Trinajstić information content (AvgIpc) is 2.40. The van der Waals surface area contributed by atoms with Crippen molar-refractivity contribution in [3.63, 3.8) is 0 Å². The lowest BCUT2D eigenvalue weighted by molar-refractivity contribution is 0.203. The number of hydrogen-bond donors (Lipinski definition) is 1. The Balaban J connectivity index is 2.49. The molecule has 0 heterocycles. The number of nitriles is 1. The van der Waals surface area contributed by atoms with Crippen molar-refractivity contribution in [3.05, 3.63) is 48.0 Å². The number of rotatable bonds is 4. The van der Waals surface area contributed by atoms with Crippen LogP contribution in [0.15, 0.2) is 42.5 Å². The van der Waals surface area contributed by atoms with E-state index < -0.39 is 0 Å². The summed E-state index contributed by atoms with van der Waals surface area (Å²) >= 11 is 0. The van der Waals surface area contributed by atoms with Crippen LogP contribution >= 0.6 is 0 Å². The summed E-state index contributed by atoms with van der Waals surface area (Å²) in [4.78, 5) is 1.86. The third-order valence-corrected chi connectivity index (χ3v) is 3.13. The quantitative estimate of drug-likeness (QED) is 0.892. The lowest BCUT2D eigenvalue weighted by Crippen LogP contribution is -2.26. The zero-order valence-corrected chi connectivity index (χ0v) is 10.4. The highest BCUT2D eigenvalue weighted by Gasteiger charge is 2.17. The Morgan fingerprint density at radius 3 is 2.67 bits per heavy atom. The van der Waals surface area contributed by atoms with Crippen molar-refractivity contribution < 1.29 is 5.11 Å². The summed E-state index contributed by atoms with van der Waals surface area (Å²) in [5, 5.41) is 20.6. The number of aliphatic hydroxyl groups excluding tert-OH is 1. The van der Waals surface area contributed by atoms with Crippen molar-refractivity contribution in [1.29, 1.82) is 5.26 Å². The Hall–Kier alpha value is -1.89. The Kier molecular flexibility index (Phi) is 3.93. The van der Waals surface area contributed by atoms with Gasteiger partial charge in [0.1, 0.15) is 6.04 Å². The second kappa shape index (κ2) is 5.63. The molecule has 2 aromatic rings. The van der Waals surface area contributed by atoms with Gasteiger partial charge in [0.05, 0.1) is 12.7 Å². The van der Waals surface area contributed by atoms with Gasteiger partial charge in [-0.15, -0.1) is 0 Å². The molecule has 0 amide bonds. The SMILES string of the molecule is CN(CCO)C(C#N)c1cccc2ccccc12. The van der Waals surface area contributed by atoms with E-state index in [-0.39, 0.29) is 12.6 Å².